The first-order valence-corrected chi connectivity index (χ1v) is 13.1. The van der Waals surface area contributed by atoms with Crippen molar-refractivity contribution >= 4 is 17.0 Å². The van der Waals surface area contributed by atoms with Crippen LogP contribution in [0.4, 0.5) is 0 Å². The van der Waals surface area contributed by atoms with Crippen molar-refractivity contribution in [3.8, 4) is 0 Å². The van der Waals surface area contributed by atoms with Gasteiger partial charge < -0.3 is 17.8 Å². The molecule has 0 amide bonds. The Bertz CT molecular complexity index is 276. The van der Waals surface area contributed by atoms with E-state index in [2.05, 4.69) is 45.5 Å². The molecule has 21 heavy (non-hydrogen) atoms. The van der Waals surface area contributed by atoms with Crippen LogP contribution in [0.2, 0.25) is 24.2 Å². The predicted molar refractivity (Wildman–Crippen MR) is 95.3 cm³/mol. The van der Waals surface area contributed by atoms with Gasteiger partial charge in [0.15, 0.2) is 0 Å². The van der Waals surface area contributed by atoms with Crippen LogP contribution in [0.1, 0.15) is 41.5 Å². The van der Waals surface area contributed by atoms with E-state index in [1.54, 1.807) is 0 Å². The number of hydrogen-bond donors (Lipinski definition) is 0. The Morgan fingerprint density at radius 2 is 1.24 bits per heavy atom. The smallest absolute Gasteiger partial charge is 0.374 e. The Morgan fingerprint density at radius 3 is 1.52 bits per heavy atom. The molecule has 0 aliphatic carbocycles. The van der Waals surface area contributed by atoms with E-state index in [9.17, 15) is 0 Å². The van der Waals surface area contributed by atoms with E-state index in [0.717, 1.165) is 12.6 Å². The lowest BCUT2D eigenvalue weighted by Gasteiger charge is -2.44. The molecule has 0 bridgehead atoms. The minimum Gasteiger partial charge on any atom is -0.374 e. The van der Waals surface area contributed by atoms with Gasteiger partial charge in [0.05, 0.1) is 0 Å². The normalized spacial score (nSPS) is 14.0. The van der Waals surface area contributed by atoms with Crippen LogP contribution >= 0.6 is 0 Å². The summed E-state index contributed by atoms with van der Waals surface area (Å²) >= 11 is 0. The highest BCUT2D eigenvalue weighted by molar-refractivity contribution is 6.77. The maximum atomic E-state index is 5.94. The van der Waals surface area contributed by atoms with Crippen molar-refractivity contribution in [2.75, 3.05) is 33.4 Å². The molecule has 0 N–H and O–H groups in total. The molecular weight excluding hydrogens is 298 g/mol. The summed E-state index contributed by atoms with van der Waals surface area (Å²) in [5.74, 6) is 0. The van der Waals surface area contributed by atoms with Crippen LogP contribution in [-0.4, -0.2) is 55.0 Å². The van der Waals surface area contributed by atoms with Gasteiger partial charge in [0.25, 0.3) is 0 Å². The summed E-state index contributed by atoms with van der Waals surface area (Å²) in [5, 5.41) is 0.342. The van der Waals surface area contributed by atoms with Crippen molar-refractivity contribution in [2.45, 2.75) is 65.7 Å². The van der Waals surface area contributed by atoms with Crippen LogP contribution in [0.3, 0.4) is 0 Å². The van der Waals surface area contributed by atoms with Crippen molar-refractivity contribution in [1.82, 2.24) is 4.57 Å². The van der Waals surface area contributed by atoms with E-state index < -0.39 is 17.0 Å². The lowest BCUT2D eigenvalue weighted by Crippen LogP contribution is -2.56. The highest BCUT2D eigenvalue weighted by atomic mass is 28.4. The molecule has 0 radical (unpaired) electrons. The minimum atomic E-state index is -2.52. The fourth-order valence-electron chi connectivity index (χ4n) is 2.16. The van der Waals surface area contributed by atoms with Crippen LogP contribution in [0.25, 0.3) is 0 Å². The largest absolute Gasteiger partial charge is 0.502 e. The van der Waals surface area contributed by atoms with E-state index in [-0.39, 0.29) is 0 Å². The van der Waals surface area contributed by atoms with Crippen LogP contribution in [0.15, 0.2) is 0 Å². The monoisotopic (exact) mass is 335 g/mol. The molecule has 0 spiro atoms. The van der Waals surface area contributed by atoms with Gasteiger partial charge in [-0.25, -0.2) is 0 Å². The molecule has 6 heteroatoms. The van der Waals surface area contributed by atoms with Crippen molar-refractivity contribution in [2.24, 2.45) is 0 Å². The Morgan fingerprint density at radius 1 is 0.857 bits per heavy atom. The predicted octanol–water partition coefficient (Wildman–Crippen LogP) is 3.97. The quantitative estimate of drug-likeness (QED) is 0.565. The topological polar surface area (TPSA) is 30.9 Å². The van der Waals surface area contributed by atoms with Gasteiger partial charge in [-0.2, -0.15) is 0 Å². The Hall–Kier alpha value is 0.274. The summed E-state index contributed by atoms with van der Waals surface area (Å²) in [7, 11) is -1.77. The standard InChI is InChI=1S/C15H37NO3Si2/c1-10-17-21(18-11-2,19-12-3)14-13-16(7)20(8,9)15(4,5)6/h10-14H2,1-9H3. The SMILES string of the molecule is CCO[Si](CCN(C)[Si](C)(C)C(C)(C)C)(OCC)OCC. The van der Waals surface area contributed by atoms with E-state index >= 15 is 0 Å². The third kappa shape index (κ3) is 6.11. The van der Waals surface area contributed by atoms with Crippen molar-refractivity contribution in [3.05, 3.63) is 0 Å². The Labute approximate surface area is 134 Å². The summed E-state index contributed by atoms with van der Waals surface area (Å²) in [6, 6.07) is 0.867. The van der Waals surface area contributed by atoms with Crippen LogP contribution in [0.5, 0.6) is 0 Å². The van der Waals surface area contributed by atoms with Crippen LogP contribution in [0, 0.1) is 0 Å². The maximum Gasteiger partial charge on any atom is 0.502 e. The van der Waals surface area contributed by atoms with E-state index in [0.29, 0.717) is 24.9 Å². The molecule has 128 valence electrons. The fraction of sp³-hybridized carbons (Fsp3) is 1.00. The molecule has 0 aliphatic heterocycles. The van der Waals surface area contributed by atoms with Crippen molar-refractivity contribution in [1.29, 1.82) is 0 Å². The molecule has 0 rings (SSSR count). The number of nitrogens with zero attached hydrogens (tertiary/aromatic N) is 1. The van der Waals surface area contributed by atoms with Gasteiger partial charge in [-0.05, 0) is 39.4 Å². The third-order valence-electron chi connectivity index (χ3n) is 4.64. The zero-order chi connectivity index (χ0) is 16.7. The second-order valence-electron chi connectivity index (χ2n) is 6.96. The molecule has 0 saturated carbocycles. The Kier molecular flexibility index (Phi) is 8.90. The Balaban J connectivity index is 4.88. The summed E-state index contributed by atoms with van der Waals surface area (Å²) < 4.78 is 20.4. The third-order valence-corrected chi connectivity index (χ3v) is 13.5. The highest BCUT2D eigenvalue weighted by Crippen LogP contribution is 2.37. The molecule has 4 nitrogen and oxygen atoms in total. The summed E-state index contributed by atoms with van der Waals surface area (Å²) in [6.07, 6.45) is 0. The van der Waals surface area contributed by atoms with Gasteiger partial charge in [-0.15, -0.1) is 0 Å². The number of rotatable bonds is 10. The molecule has 0 atom stereocenters. The molecule has 0 unspecified atom stereocenters. The zero-order valence-corrected chi connectivity index (χ0v) is 17.7. The van der Waals surface area contributed by atoms with E-state index in [4.69, 9.17) is 13.3 Å². The highest BCUT2D eigenvalue weighted by Gasteiger charge is 2.44. The van der Waals surface area contributed by atoms with E-state index in [1.165, 1.54) is 0 Å². The molecule has 0 heterocycles. The van der Waals surface area contributed by atoms with Gasteiger partial charge in [0, 0.05) is 25.9 Å². The van der Waals surface area contributed by atoms with Gasteiger partial charge in [0.2, 0.25) is 0 Å². The number of hydrogen-bond acceptors (Lipinski definition) is 4. The molecule has 0 aromatic rings. The average molecular weight is 336 g/mol. The molecule has 0 saturated heterocycles. The fourth-order valence-corrected chi connectivity index (χ4v) is 6.81. The van der Waals surface area contributed by atoms with E-state index in [1.807, 2.05) is 20.8 Å². The van der Waals surface area contributed by atoms with Gasteiger partial charge >= 0.3 is 8.80 Å². The summed E-state index contributed by atoms with van der Waals surface area (Å²) in [4.78, 5) is 0. The summed E-state index contributed by atoms with van der Waals surface area (Å²) in [5.41, 5.74) is 0. The summed E-state index contributed by atoms with van der Waals surface area (Å²) in [6.45, 7) is 20.8. The van der Waals surface area contributed by atoms with Crippen molar-refractivity contribution in [3.63, 3.8) is 0 Å². The maximum absolute atomic E-state index is 5.94. The zero-order valence-electron chi connectivity index (χ0n) is 15.7. The molecular formula is C15H37NO3Si2. The van der Waals surface area contributed by atoms with Gasteiger partial charge in [0.1, 0.15) is 8.24 Å². The molecule has 0 aromatic carbocycles. The molecule has 0 aromatic heterocycles. The van der Waals surface area contributed by atoms with Crippen molar-refractivity contribution < 1.29 is 13.3 Å². The van der Waals surface area contributed by atoms with Gasteiger partial charge in [-0.3, -0.25) is 0 Å². The molecule has 0 fully saturated rings. The minimum absolute atomic E-state index is 0.342. The second kappa shape index (κ2) is 8.79. The lowest BCUT2D eigenvalue weighted by atomic mass is 10.2. The average Bonchev–Trinajstić information content (AvgIpc) is 2.35. The first-order chi connectivity index (χ1) is 9.56. The van der Waals surface area contributed by atoms with Crippen LogP contribution in [-0.2, 0) is 13.3 Å². The first-order valence-electron chi connectivity index (χ1n) is 8.19. The van der Waals surface area contributed by atoms with Crippen LogP contribution < -0.4 is 0 Å². The molecule has 0 aliphatic rings. The van der Waals surface area contributed by atoms with Gasteiger partial charge in [-0.1, -0.05) is 33.9 Å². The lowest BCUT2D eigenvalue weighted by molar-refractivity contribution is 0.0702. The second-order valence-corrected chi connectivity index (χ2v) is 15.1. The first kappa shape index (κ1) is 21.3.